The lowest BCUT2D eigenvalue weighted by atomic mass is 10.0. The number of aromatic hydroxyl groups is 1. The van der Waals surface area contributed by atoms with Gasteiger partial charge >= 0.3 is 0 Å². The number of phenols is 1. The van der Waals surface area contributed by atoms with Gasteiger partial charge in [0.05, 0.1) is 29.4 Å². The van der Waals surface area contributed by atoms with Crippen LogP contribution in [0.15, 0.2) is 113 Å². The first-order chi connectivity index (χ1) is 21.4. The molecule has 0 radical (unpaired) electrons. The molecule has 6 rings (SSSR count). The maximum atomic E-state index is 13.0. The van der Waals surface area contributed by atoms with Crippen molar-refractivity contribution in [3.8, 4) is 11.4 Å². The Bertz CT molecular complexity index is 1800. The molecule has 3 N–H and O–H groups in total. The summed E-state index contributed by atoms with van der Waals surface area (Å²) in [7, 11) is -3.79. The van der Waals surface area contributed by atoms with E-state index >= 15 is 0 Å². The lowest BCUT2D eigenvalue weighted by molar-refractivity contribution is -0.245. The first-order valence-electron chi connectivity index (χ1n) is 13.8. The minimum atomic E-state index is -3.79. The Morgan fingerprint density at radius 3 is 2.43 bits per heavy atom. The average molecular weight is 632 g/mol. The number of aliphatic hydroxyl groups is 1. The van der Waals surface area contributed by atoms with Gasteiger partial charge in [-0.1, -0.05) is 66.4 Å². The Labute approximate surface area is 258 Å². The Hall–Kier alpha value is -4.27. The third-order valence-electron chi connectivity index (χ3n) is 7.01. The summed E-state index contributed by atoms with van der Waals surface area (Å²) in [5.41, 5.74) is 3.47. The van der Waals surface area contributed by atoms with Crippen LogP contribution in [0.3, 0.4) is 0 Å². The zero-order valence-corrected chi connectivity index (χ0v) is 24.9. The van der Waals surface area contributed by atoms with Crippen LogP contribution in [0.5, 0.6) is 5.75 Å². The van der Waals surface area contributed by atoms with E-state index in [-0.39, 0.29) is 29.5 Å². The van der Waals surface area contributed by atoms with Crippen molar-refractivity contribution in [2.45, 2.75) is 41.6 Å². The number of thioether (sulfide) groups is 1. The topological polar surface area (TPSA) is 149 Å². The van der Waals surface area contributed by atoms with Gasteiger partial charge in [0, 0.05) is 23.4 Å². The Kier molecular flexibility index (Phi) is 8.91. The molecule has 1 saturated heterocycles. The minimum Gasteiger partial charge on any atom is -0.508 e. The zero-order valence-electron chi connectivity index (χ0n) is 23.3. The van der Waals surface area contributed by atoms with Gasteiger partial charge in [-0.05, 0) is 70.1 Å². The van der Waals surface area contributed by atoms with E-state index < -0.39 is 16.3 Å². The van der Waals surface area contributed by atoms with Gasteiger partial charge in [-0.15, -0.1) is 5.10 Å². The summed E-state index contributed by atoms with van der Waals surface area (Å²) >= 11 is 1.43. The fraction of sp³-hybridized carbons (Fsp3) is 0.194. The van der Waals surface area contributed by atoms with E-state index in [0.29, 0.717) is 34.3 Å². The highest BCUT2D eigenvalue weighted by Crippen LogP contribution is 2.40. The molecule has 0 amide bonds. The van der Waals surface area contributed by atoms with Crippen molar-refractivity contribution in [3.05, 3.63) is 120 Å². The van der Waals surface area contributed by atoms with Crippen molar-refractivity contribution >= 4 is 27.5 Å². The molecule has 5 aromatic rings. The van der Waals surface area contributed by atoms with Gasteiger partial charge in [0.15, 0.2) is 6.29 Å². The number of phenolic OH excluding ortho intramolecular Hbond substituents is 1. The van der Waals surface area contributed by atoms with Crippen LogP contribution in [-0.2, 0) is 26.1 Å². The van der Waals surface area contributed by atoms with E-state index in [1.165, 1.54) is 23.9 Å². The van der Waals surface area contributed by atoms with Crippen LogP contribution >= 0.6 is 11.8 Å². The second-order valence-corrected chi connectivity index (χ2v) is 12.8. The van der Waals surface area contributed by atoms with Gasteiger partial charge in [0.2, 0.25) is 5.16 Å². The van der Waals surface area contributed by atoms with Crippen molar-refractivity contribution in [3.63, 3.8) is 0 Å². The molecule has 2 heterocycles. The van der Waals surface area contributed by atoms with Crippen LogP contribution in [-0.4, -0.2) is 50.7 Å². The van der Waals surface area contributed by atoms with E-state index in [9.17, 15) is 18.6 Å². The second kappa shape index (κ2) is 13.2. The SMILES string of the molecule is O=S(=O)(Nc1cccc(C2OC(CSc3nnnn3-c3ccc(O)cc3)CC(c3ccc(CO)cc3)O2)c1)c1ccccc1. The first kappa shape index (κ1) is 29.8. The van der Waals surface area contributed by atoms with Crippen LogP contribution in [0.1, 0.15) is 35.5 Å². The number of nitrogens with zero attached hydrogens (tertiary/aromatic N) is 4. The summed E-state index contributed by atoms with van der Waals surface area (Å²) in [6.07, 6.45) is -0.852. The monoisotopic (exact) mass is 631 g/mol. The van der Waals surface area contributed by atoms with E-state index in [2.05, 4.69) is 20.2 Å². The fourth-order valence-corrected chi connectivity index (χ4v) is 6.76. The third kappa shape index (κ3) is 6.93. The summed E-state index contributed by atoms with van der Waals surface area (Å²) in [5, 5.41) is 31.8. The molecule has 13 heteroatoms. The molecule has 1 aliphatic rings. The van der Waals surface area contributed by atoms with E-state index in [1.54, 1.807) is 65.3 Å². The largest absolute Gasteiger partial charge is 0.508 e. The van der Waals surface area contributed by atoms with Crippen molar-refractivity contribution < 1.29 is 28.1 Å². The predicted molar refractivity (Wildman–Crippen MR) is 164 cm³/mol. The lowest BCUT2D eigenvalue weighted by Gasteiger charge is -2.36. The second-order valence-electron chi connectivity index (χ2n) is 10.1. The molecule has 1 aliphatic heterocycles. The molecule has 3 atom stereocenters. The number of sulfonamides is 1. The standard InChI is InChI=1S/C31H29N5O6S2/c37-19-21-9-11-22(12-10-21)29-18-27(20-43-31-32-34-35-36(31)25-13-15-26(38)16-14-25)41-30(42-29)23-5-4-6-24(17-23)33-44(39,40)28-7-2-1-3-8-28/h1-17,27,29-30,33,37-38H,18-20H2. The average Bonchev–Trinajstić information content (AvgIpc) is 3.53. The Morgan fingerprint density at radius 2 is 1.68 bits per heavy atom. The quantitative estimate of drug-likeness (QED) is 0.180. The molecule has 1 fully saturated rings. The highest BCUT2D eigenvalue weighted by Gasteiger charge is 2.33. The number of benzene rings is 4. The number of hydrogen-bond donors (Lipinski definition) is 3. The van der Waals surface area contributed by atoms with Crippen LogP contribution in [0.2, 0.25) is 0 Å². The van der Waals surface area contributed by atoms with Crippen molar-refractivity contribution in [1.82, 2.24) is 20.2 Å². The van der Waals surface area contributed by atoms with E-state index in [0.717, 1.165) is 11.1 Å². The lowest BCUT2D eigenvalue weighted by Crippen LogP contribution is -2.31. The number of tetrazole rings is 1. The molecule has 1 aromatic heterocycles. The van der Waals surface area contributed by atoms with Gasteiger partial charge in [-0.3, -0.25) is 4.72 Å². The number of aliphatic hydroxyl groups excluding tert-OH is 1. The summed E-state index contributed by atoms with van der Waals surface area (Å²) < 4.78 is 43.0. The summed E-state index contributed by atoms with van der Waals surface area (Å²) in [4.78, 5) is 0.161. The molecule has 3 unspecified atom stereocenters. The smallest absolute Gasteiger partial charge is 0.261 e. The van der Waals surface area contributed by atoms with Gasteiger partial charge in [0.25, 0.3) is 10.0 Å². The summed E-state index contributed by atoms with van der Waals surface area (Å²) in [6.45, 7) is -0.0573. The minimum absolute atomic E-state index is 0.0573. The molecule has 11 nitrogen and oxygen atoms in total. The maximum Gasteiger partial charge on any atom is 0.261 e. The maximum absolute atomic E-state index is 13.0. The highest BCUT2D eigenvalue weighted by atomic mass is 32.2. The molecule has 0 bridgehead atoms. The number of nitrogens with one attached hydrogen (secondary N) is 1. The number of rotatable bonds is 10. The molecule has 226 valence electrons. The molecule has 4 aromatic carbocycles. The van der Waals surface area contributed by atoms with E-state index in [4.69, 9.17) is 9.47 Å². The fourth-order valence-electron chi connectivity index (χ4n) is 4.78. The van der Waals surface area contributed by atoms with Crippen molar-refractivity contribution in [2.75, 3.05) is 10.5 Å². The number of ether oxygens (including phenoxy) is 2. The molecule has 44 heavy (non-hydrogen) atoms. The number of aromatic nitrogens is 4. The first-order valence-corrected chi connectivity index (χ1v) is 16.2. The highest BCUT2D eigenvalue weighted by molar-refractivity contribution is 7.99. The van der Waals surface area contributed by atoms with Crippen LogP contribution in [0, 0.1) is 0 Å². The molecular weight excluding hydrogens is 603 g/mol. The van der Waals surface area contributed by atoms with E-state index in [1.807, 2.05) is 30.3 Å². The zero-order chi connectivity index (χ0) is 30.5. The summed E-state index contributed by atoms with van der Waals surface area (Å²) in [6, 6.07) is 29.3. The number of hydrogen-bond acceptors (Lipinski definition) is 10. The normalized spacial score (nSPS) is 18.6. The van der Waals surface area contributed by atoms with Crippen LogP contribution in [0.25, 0.3) is 5.69 Å². The summed E-state index contributed by atoms with van der Waals surface area (Å²) in [5.74, 6) is 0.650. The predicted octanol–water partition coefficient (Wildman–Crippen LogP) is 5.00. The molecular formula is C31H29N5O6S2. The number of anilines is 1. The van der Waals surface area contributed by atoms with Gasteiger partial charge in [-0.2, -0.15) is 4.68 Å². The molecule has 0 aliphatic carbocycles. The van der Waals surface area contributed by atoms with Gasteiger partial charge < -0.3 is 19.7 Å². The van der Waals surface area contributed by atoms with Crippen LogP contribution < -0.4 is 4.72 Å². The van der Waals surface area contributed by atoms with Crippen LogP contribution in [0.4, 0.5) is 5.69 Å². The third-order valence-corrected chi connectivity index (χ3v) is 9.46. The Morgan fingerprint density at radius 1 is 0.909 bits per heavy atom. The molecule has 0 spiro atoms. The molecule has 0 saturated carbocycles. The Balaban J connectivity index is 1.23. The van der Waals surface area contributed by atoms with Crippen molar-refractivity contribution in [2.24, 2.45) is 0 Å². The van der Waals surface area contributed by atoms with Crippen molar-refractivity contribution in [1.29, 1.82) is 0 Å². The van der Waals surface area contributed by atoms with Gasteiger partial charge in [0.1, 0.15) is 5.75 Å². The van der Waals surface area contributed by atoms with Gasteiger partial charge in [-0.25, -0.2) is 8.42 Å².